The Bertz CT molecular complexity index is 595. The van der Waals surface area contributed by atoms with Crippen LogP contribution >= 0.6 is 0 Å². The van der Waals surface area contributed by atoms with Crippen molar-refractivity contribution in [2.75, 3.05) is 20.8 Å². The van der Waals surface area contributed by atoms with Crippen molar-refractivity contribution in [3.8, 4) is 0 Å². The Labute approximate surface area is 158 Å². The van der Waals surface area contributed by atoms with Crippen molar-refractivity contribution < 1.29 is 19.0 Å². The minimum Gasteiger partial charge on any atom is -0.469 e. The summed E-state index contributed by atoms with van der Waals surface area (Å²) in [6, 6.07) is 0. The highest BCUT2D eigenvalue weighted by Gasteiger charge is 2.65. The molecule has 0 amide bonds. The third kappa shape index (κ3) is 2.93. The van der Waals surface area contributed by atoms with Crippen LogP contribution in [0.3, 0.4) is 0 Å². The number of methoxy groups -OCH3 is 2. The number of hydrogen-bond acceptors (Lipinski definition) is 4. The average molecular weight is 365 g/mol. The van der Waals surface area contributed by atoms with Gasteiger partial charge in [0, 0.05) is 12.5 Å². The van der Waals surface area contributed by atoms with Crippen molar-refractivity contribution in [1.82, 2.24) is 0 Å². The summed E-state index contributed by atoms with van der Waals surface area (Å²) in [6.45, 7) is 9.95. The fourth-order valence-electron chi connectivity index (χ4n) is 6.40. The second-order valence-corrected chi connectivity index (χ2v) is 9.84. The second kappa shape index (κ2) is 6.63. The summed E-state index contributed by atoms with van der Waals surface area (Å²) in [5.41, 5.74) is 0.870. The minimum absolute atomic E-state index is 0.0746. The van der Waals surface area contributed by atoms with Gasteiger partial charge in [0.1, 0.15) is 0 Å². The lowest BCUT2D eigenvalue weighted by Gasteiger charge is -2.61. The first kappa shape index (κ1) is 19.9. The summed E-state index contributed by atoms with van der Waals surface area (Å²) >= 11 is 0. The van der Waals surface area contributed by atoms with Crippen molar-refractivity contribution in [1.29, 1.82) is 0 Å². The molecule has 0 N–H and O–H groups in total. The lowest BCUT2D eigenvalue weighted by atomic mass is 9.46. The Morgan fingerprint density at radius 2 is 1.88 bits per heavy atom. The maximum absolute atomic E-state index is 12.0. The van der Waals surface area contributed by atoms with Gasteiger partial charge in [-0.15, -0.1) is 0 Å². The highest BCUT2D eigenvalue weighted by Crippen LogP contribution is 2.66. The van der Waals surface area contributed by atoms with Gasteiger partial charge in [-0.2, -0.15) is 0 Å². The first-order chi connectivity index (χ1) is 12.1. The van der Waals surface area contributed by atoms with Gasteiger partial charge in [-0.05, 0) is 55.9 Å². The summed E-state index contributed by atoms with van der Waals surface area (Å²) in [7, 11) is 3.21. The largest absolute Gasteiger partial charge is 0.469 e. The van der Waals surface area contributed by atoms with Crippen molar-refractivity contribution >= 4 is 5.97 Å². The molecule has 0 unspecified atom stereocenters. The number of carbonyl (C=O) groups is 1. The molecule has 148 valence electrons. The normalized spacial score (nSPS) is 41.6. The minimum atomic E-state index is -0.466. The third-order valence-corrected chi connectivity index (χ3v) is 7.74. The van der Waals surface area contributed by atoms with Gasteiger partial charge >= 0.3 is 5.97 Å². The topological polar surface area (TPSA) is 44.8 Å². The lowest BCUT2D eigenvalue weighted by Crippen LogP contribution is -2.60. The van der Waals surface area contributed by atoms with Crippen LogP contribution in [0.4, 0.5) is 0 Å². The van der Waals surface area contributed by atoms with E-state index < -0.39 is 5.60 Å². The summed E-state index contributed by atoms with van der Waals surface area (Å²) in [6.07, 6.45) is 9.32. The van der Waals surface area contributed by atoms with Gasteiger partial charge in [-0.25, -0.2) is 0 Å². The molecular weight excluding hydrogens is 328 g/mol. The lowest BCUT2D eigenvalue weighted by molar-refractivity contribution is -0.196. The van der Waals surface area contributed by atoms with Crippen LogP contribution in [-0.4, -0.2) is 38.0 Å². The zero-order valence-corrected chi connectivity index (χ0v) is 17.4. The van der Waals surface area contributed by atoms with Gasteiger partial charge in [-0.3, -0.25) is 4.79 Å². The van der Waals surface area contributed by atoms with Crippen molar-refractivity contribution in [3.05, 3.63) is 11.6 Å². The average Bonchev–Trinajstić information content (AvgIpc) is 2.90. The molecule has 3 rings (SSSR count). The number of ether oxygens (including phenoxy) is 3. The molecule has 0 bridgehead atoms. The maximum atomic E-state index is 12.0. The summed E-state index contributed by atoms with van der Waals surface area (Å²) in [5, 5.41) is 0. The van der Waals surface area contributed by atoms with E-state index in [0.717, 1.165) is 19.3 Å². The number of allylic oxidation sites excluding steroid dienone is 1. The van der Waals surface area contributed by atoms with Gasteiger partial charge < -0.3 is 14.2 Å². The molecule has 4 heteroatoms. The van der Waals surface area contributed by atoms with Crippen LogP contribution in [0.25, 0.3) is 0 Å². The smallest absolute Gasteiger partial charge is 0.308 e. The molecular formula is C22H36O4. The highest BCUT2D eigenvalue weighted by molar-refractivity contribution is 5.70. The molecule has 0 aromatic heterocycles. The highest BCUT2D eigenvalue weighted by atomic mass is 16.5. The van der Waals surface area contributed by atoms with Gasteiger partial charge in [0.2, 0.25) is 0 Å². The van der Waals surface area contributed by atoms with E-state index >= 15 is 0 Å². The van der Waals surface area contributed by atoms with Crippen LogP contribution in [0.15, 0.2) is 11.6 Å². The molecule has 2 aliphatic carbocycles. The molecule has 1 heterocycles. The van der Waals surface area contributed by atoms with E-state index in [1.165, 1.54) is 31.9 Å². The molecule has 4 nitrogen and oxygen atoms in total. The van der Waals surface area contributed by atoms with Crippen molar-refractivity contribution in [3.63, 3.8) is 0 Å². The summed E-state index contributed by atoms with van der Waals surface area (Å²) in [4.78, 5) is 12.0. The zero-order chi connectivity index (χ0) is 19.2. The van der Waals surface area contributed by atoms with E-state index in [1.807, 2.05) is 0 Å². The molecule has 1 saturated carbocycles. The Hall–Kier alpha value is -0.870. The molecule has 0 aromatic carbocycles. The molecule has 3 aliphatic rings. The van der Waals surface area contributed by atoms with Gasteiger partial charge in [0.05, 0.1) is 31.3 Å². The Kier molecular flexibility index (Phi) is 5.07. The SMILES string of the molecule is COCC1=CC[C@@H]2C(C)(C)CCC[C@]2(C)[C@@]12CC[C@](C)(CC(=O)OC)O2. The van der Waals surface area contributed by atoms with Crippen LogP contribution in [0.2, 0.25) is 0 Å². The predicted molar refractivity (Wildman–Crippen MR) is 102 cm³/mol. The molecule has 1 aliphatic heterocycles. The van der Waals surface area contributed by atoms with Crippen LogP contribution in [-0.2, 0) is 19.0 Å². The number of fused-ring (bicyclic) bond motifs is 2. The molecule has 1 spiro atoms. The second-order valence-electron chi connectivity index (χ2n) is 9.84. The van der Waals surface area contributed by atoms with E-state index in [0.29, 0.717) is 24.4 Å². The van der Waals surface area contributed by atoms with Gasteiger partial charge in [0.15, 0.2) is 0 Å². The Morgan fingerprint density at radius 1 is 1.15 bits per heavy atom. The molecule has 4 atom stereocenters. The van der Waals surface area contributed by atoms with E-state index in [-0.39, 0.29) is 17.0 Å². The molecule has 0 aromatic rings. The quantitative estimate of drug-likeness (QED) is 0.537. The Balaban J connectivity index is 2.02. The number of rotatable bonds is 4. The zero-order valence-electron chi connectivity index (χ0n) is 17.4. The number of esters is 1. The van der Waals surface area contributed by atoms with Crippen LogP contribution in [0.1, 0.15) is 72.6 Å². The van der Waals surface area contributed by atoms with Gasteiger partial charge in [-0.1, -0.05) is 33.3 Å². The number of carbonyl (C=O) groups excluding carboxylic acids is 1. The summed E-state index contributed by atoms with van der Waals surface area (Å²) < 4.78 is 17.4. The van der Waals surface area contributed by atoms with Crippen molar-refractivity contribution in [2.45, 2.75) is 83.8 Å². The van der Waals surface area contributed by atoms with E-state index in [2.05, 4.69) is 33.8 Å². The van der Waals surface area contributed by atoms with Crippen LogP contribution in [0, 0.1) is 16.7 Å². The third-order valence-electron chi connectivity index (χ3n) is 7.74. The maximum Gasteiger partial charge on any atom is 0.308 e. The Morgan fingerprint density at radius 3 is 2.54 bits per heavy atom. The molecule has 2 fully saturated rings. The summed E-state index contributed by atoms with van der Waals surface area (Å²) in [5.74, 6) is 0.396. The standard InChI is InChI=1S/C22H36O4/c1-19(2)10-7-11-21(4)17(19)9-8-16(15-24-5)22(21)13-12-20(3,26-22)14-18(23)25-6/h8,17H,7,9-15H2,1-6H3/t17-,20-,21+,22-/m1/s1. The number of hydrogen-bond donors (Lipinski definition) is 0. The predicted octanol–water partition coefficient (Wildman–Crippen LogP) is 4.67. The van der Waals surface area contributed by atoms with E-state index in [4.69, 9.17) is 14.2 Å². The first-order valence-electron chi connectivity index (χ1n) is 10.1. The molecule has 1 saturated heterocycles. The van der Waals surface area contributed by atoms with E-state index in [9.17, 15) is 4.79 Å². The molecule has 26 heavy (non-hydrogen) atoms. The monoisotopic (exact) mass is 364 g/mol. The first-order valence-corrected chi connectivity index (χ1v) is 10.1. The van der Waals surface area contributed by atoms with E-state index in [1.54, 1.807) is 7.11 Å². The fraction of sp³-hybridized carbons (Fsp3) is 0.864. The fourth-order valence-corrected chi connectivity index (χ4v) is 6.40. The van der Waals surface area contributed by atoms with Crippen LogP contribution < -0.4 is 0 Å². The van der Waals surface area contributed by atoms with Crippen molar-refractivity contribution in [2.24, 2.45) is 16.7 Å². The van der Waals surface area contributed by atoms with Crippen LogP contribution in [0.5, 0.6) is 0 Å². The van der Waals surface area contributed by atoms with Gasteiger partial charge in [0.25, 0.3) is 0 Å². The molecule has 0 radical (unpaired) electrons.